The van der Waals surface area contributed by atoms with E-state index in [0.29, 0.717) is 24.5 Å². The lowest BCUT2D eigenvalue weighted by molar-refractivity contribution is 0.0955. The van der Waals surface area contributed by atoms with Crippen LogP contribution in [0.1, 0.15) is 34.0 Å². The quantitative estimate of drug-likeness (QED) is 0.448. The highest BCUT2D eigenvalue weighted by Crippen LogP contribution is 2.16. The van der Waals surface area contributed by atoms with Crippen molar-refractivity contribution in [1.82, 2.24) is 5.43 Å². The Morgan fingerprint density at radius 3 is 2.41 bits per heavy atom. The number of nitrogens with zero attached hydrogens (tertiary/aromatic N) is 1. The fourth-order valence-corrected chi connectivity index (χ4v) is 2.65. The van der Waals surface area contributed by atoms with Crippen LogP contribution in [0, 0.1) is 6.92 Å². The first-order chi connectivity index (χ1) is 14.2. The van der Waals surface area contributed by atoms with Crippen molar-refractivity contribution in [3.05, 3.63) is 95.1 Å². The standard InChI is InChI=1S/C24H24N2O3/c1-3-28-23-7-5-4-6-21(23)16-25-26-24(27)20-12-14-22(15-13-20)29-17-19-10-8-18(2)9-11-19/h4-16H,3,17H2,1-2H3,(H,26,27)/b25-16+. The first-order valence-electron chi connectivity index (χ1n) is 9.49. The Balaban J connectivity index is 1.54. The molecule has 0 saturated heterocycles. The van der Waals surface area contributed by atoms with Gasteiger partial charge in [0.1, 0.15) is 18.1 Å². The summed E-state index contributed by atoms with van der Waals surface area (Å²) in [5, 5.41) is 4.03. The molecule has 148 valence electrons. The van der Waals surface area contributed by atoms with Crippen LogP contribution in [0.25, 0.3) is 0 Å². The van der Waals surface area contributed by atoms with Gasteiger partial charge in [-0.3, -0.25) is 4.79 Å². The Labute approximate surface area is 171 Å². The predicted octanol–water partition coefficient (Wildman–Crippen LogP) is 4.74. The van der Waals surface area contributed by atoms with Crippen molar-refractivity contribution in [2.45, 2.75) is 20.5 Å². The van der Waals surface area contributed by atoms with E-state index in [4.69, 9.17) is 9.47 Å². The highest BCUT2D eigenvalue weighted by atomic mass is 16.5. The van der Waals surface area contributed by atoms with E-state index in [1.165, 1.54) is 5.56 Å². The number of hydrogen-bond donors (Lipinski definition) is 1. The van der Waals surface area contributed by atoms with E-state index in [0.717, 1.165) is 16.9 Å². The van der Waals surface area contributed by atoms with Crippen LogP contribution >= 0.6 is 0 Å². The second kappa shape index (κ2) is 10.1. The van der Waals surface area contributed by atoms with Crippen molar-refractivity contribution in [2.75, 3.05) is 6.61 Å². The van der Waals surface area contributed by atoms with Crippen LogP contribution in [0.5, 0.6) is 11.5 Å². The molecule has 0 aliphatic heterocycles. The molecule has 1 amide bonds. The van der Waals surface area contributed by atoms with Crippen molar-refractivity contribution >= 4 is 12.1 Å². The largest absolute Gasteiger partial charge is 0.493 e. The van der Waals surface area contributed by atoms with E-state index in [1.54, 1.807) is 30.5 Å². The summed E-state index contributed by atoms with van der Waals surface area (Å²) >= 11 is 0. The number of nitrogens with one attached hydrogen (secondary N) is 1. The second-order valence-electron chi connectivity index (χ2n) is 6.47. The molecule has 5 nitrogen and oxygen atoms in total. The lowest BCUT2D eigenvalue weighted by Crippen LogP contribution is -2.17. The minimum atomic E-state index is -0.291. The van der Waals surface area contributed by atoms with Crippen LogP contribution in [0.15, 0.2) is 77.9 Å². The molecular weight excluding hydrogens is 364 g/mol. The topological polar surface area (TPSA) is 59.9 Å². The molecule has 0 saturated carbocycles. The highest BCUT2D eigenvalue weighted by molar-refractivity contribution is 5.95. The van der Waals surface area contributed by atoms with Crippen molar-refractivity contribution in [3.63, 3.8) is 0 Å². The molecule has 0 spiro atoms. The summed E-state index contributed by atoms with van der Waals surface area (Å²) in [7, 11) is 0. The normalized spacial score (nSPS) is 10.7. The first kappa shape index (κ1) is 20.1. The predicted molar refractivity (Wildman–Crippen MR) is 115 cm³/mol. The molecule has 3 aromatic rings. The van der Waals surface area contributed by atoms with Gasteiger partial charge in [0.15, 0.2) is 0 Å². The second-order valence-corrected chi connectivity index (χ2v) is 6.47. The summed E-state index contributed by atoms with van der Waals surface area (Å²) in [6.07, 6.45) is 1.57. The van der Waals surface area contributed by atoms with Gasteiger partial charge in [0.25, 0.3) is 5.91 Å². The molecule has 0 aliphatic rings. The number of hydrogen-bond acceptors (Lipinski definition) is 4. The molecule has 0 aromatic heterocycles. The van der Waals surface area contributed by atoms with Gasteiger partial charge >= 0.3 is 0 Å². The number of carbonyl (C=O) groups excluding carboxylic acids is 1. The van der Waals surface area contributed by atoms with Crippen molar-refractivity contribution in [3.8, 4) is 11.5 Å². The molecule has 3 rings (SSSR count). The van der Waals surface area contributed by atoms with Gasteiger partial charge in [0.2, 0.25) is 0 Å². The summed E-state index contributed by atoms with van der Waals surface area (Å²) in [6, 6.07) is 22.7. The van der Waals surface area contributed by atoms with Gasteiger partial charge in [-0.05, 0) is 55.8 Å². The highest BCUT2D eigenvalue weighted by Gasteiger charge is 2.05. The number of carbonyl (C=O) groups is 1. The molecule has 0 unspecified atom stereocenters. The number of ether oxygens (including phenoxy) is 2. The van der Waals surface area contributed by atoms with E-state index in [9.17, 15) is 4.79 Å². The summed E-state index contributed by atoms with van der Waals surface area (Å²) in [5.41, 5.74) is 6.15. The molecule has 1 N–H and O–H groups in total. The number of benzene rings is 3. The van der Waals surface area contributed by atoms with Crippen LogP contribution in [0.3, 0.4) is 0 Å². The third-order valence-corrected chi connectivity index (χ3v) is 4.23. The Morgan fingerprint density at radius 1 is 0.966 bits per heavy atom. The van der Waals surface area contributed by atoms with Gasteiger partial charge in [-0.15, -0.1) is 0 Å². The third-order valence-electron chi connectivity index (χ3n) is 4.23. The van der Waals surface area contributed by atoms with E-state index in [2.05, 4.69) is 29.6 Å². The van der Waals surface area contributed by atoms with E-state index < -0.39 is 0 Å². The van der Waals surface area contributed by atoms with E-state index in [1.807, 2.05) is 43.3 Å². The molecule has 0 bridgehead atoms. The van der Waals surface area contributed by atoms with Crippen LogP contribution < -0.4 is 14.9 Å². The first-order valence-corrected chi connectivity index (χ1v) is 9.49. The minimum Gasteiger partial charge on any atom is -0.493 e. The van der Waals surface area contributed by atoms with Gasteiger partial charge in [0, 0.05) is 11.1 Å². The summed E-state index contributed by atoms with van der Waals surface area (Å²) in [6.45, 7) is 5.02. The third kappa shape index (κ3) is 5.94. The average Bonchev–Trinajstić information content (AvgIpc) is 2.75. The van der Waals surface area contributed by atoms with Crippen LogP contribution in [0.4, 0.5) is 0 Å². The summed E-state index contributed by atoms with van der Waals surface area (Å²) < 4.78 is 11.3. The van der Waals surface area contributed by atoms with Crippen LogP contribution in [0.2, 0.25) is 0 Å². The summed E-state index contributed by atoms with van der Waals surface area (Å²) in [5.74, 6) is 1.14. The number of para-hydroxylation sites is 1. The SMILES string of the molecule is CCOc1ccccc1/C=N/NC(=O)c1ccc(OCc2ccc(C)cc2)cc1. The maximum atomic E-state index is 12.3. The van der Waals surface area contributed by atoms with Crippen molar-refractivity contribution < 1.29 is 14.3 Å². The molecular formula is C24H24N2O3. The number of amides is 1. The fourth-order valence-electron chi connectivity index (χ4n) is 2.65. The molecule has 5 heteroatoms. The number of aryl methyl sites for hydroxylation is 1. The molecule has 3 aromatic carbocycles. The Hall–Kier alpha value is -3.60. The molecule has 0 radical (unpaired) electrons. The zero-order chi connectivity index (χ0) is 20.5. The molecule has 0 aliphatic carbocycles. The van der Waals surface area contributed by atoms with Gasteiger partial charge < -0.3 is 9.47 Å². The zero-order valence-corrected chi connectivity index (χ0v) is 16.6. The Morgan fingerprint density at radius 2 is 1.69 bits per heavy atom. The molecule has 29 heavy (non-hydrogen) atoms. The van der Waals surface area contributed by atoms with Gasteiger partial charge in [-0.2, -0.15) is 5.10 Å². The Kier molecular flexibility index (Phi) is 7.00. The number of hydrazone groups is 1. The van der Waals surface area contributed by atoms with Gasteiger partial charge in [-0.1, -0.05) is 42.0 Å². The van der Waals surface area contributed by atoms with Crippen LogP contribution in [-0.4, -0.2) is 18.7 Å². The van der Waals surface area contributed by atoms with Crippen molar-refractivity contribution in [2.24, 2.45) is 5.10 Å². The maximum absolute atomic E-state index is 12.3. The van der Waals surface area contributed by atoms with Gasteiger partial charge in [0.05, 0.1) is 12.8 Å². The van der Waals surface area contributed by atoms with Crippen LogP contribution in [-0.2, 0) is 6.61 Å². The summed E-state index contributed by atoms with van der Waals surface area (Å²) in [4.78, 5) is 12.3. The van der Waals surface area contributed by atoms with E-state index in [-0.39, 0.29) is 5.91 Å². The smallest absolute Gasteiger partial charge is 0.271 e. The number of rotatable bonds is 8. The minimum absolute atomic E-state index is 0.291. The fraction of sp³-hybridized carbons (Fsp3) is 0.167. The monoisotopic (exact) mass is 388 g/mol. The molecule has 0 heterocycles. The lowest BCUT2D eigenvalue weighted by atomic mass is 10.2. The molecule has 0 fully saturated rings. The lowest BCUT2D eigenvalue weighted by Gasteiger charge is -2.08. The zero-order valence-electron chi connectivity index (χ0n) is 16.6. The van der Waals surface area contributed by atoms with Crippen molar-refractivity contribution in [1.29, 1.82) is 0 Å². The maximum Gasteiger partial charge on any atom is 0.271 e. The Bertz CT molecular complexity index is 964. The van der Waals surface area contributed by atoms with E-state index >= 15 is 0 Å². The molecule has 0 atom stereocenters. The average molecular weight is 388 g/mol. The van der Waals surface area contributed by atoms with Gasteiger partial charge in [-0.25, -0.2) is 5.43 Å².